The maximum Gasteiger partial charge on any atom is 0.147 e. The van der Waals surface area contributed by atoms with Crippen LogP contribution in [0.15, 0.2) is 36.5 Å². The van der Waals surface area contributed by atoms with Crippen LogP contribution in [0.2, 0.25) is 5.15 Å². The van der Waals surface area contributed by atoms with Gasteiger partial charge in [-0.2, -0.15) is 5.26 Å². The molecule has 3 nitrogen and oxygen atoms in total. The molecule has 0 amide bonds. The van der Waals surface area contributed by atoms with Crippen LogP contribution in [0.1, 0.15) is 5.56 Å². The molecule has 4 heteroatoms. The lowest BCUT2D eigenvalue weighted by Crippen LogP contribution is -1.89. The van der Waals surface area contributed by atoms with Gasteiger partial charge in [0.25, 0.3) is 0 Å². The minimum Gasteiger partial charge on any atom is -0.255 e. The molecule has 0 atom stereocenters. The molecule has 15 heavy (non-hydrogen) atoms. The molecule has 0 bridgehead atoms. The van der Waals surface area contributed by atoms with Crippen molar-refractivity contribution in [2.24, 2.45) is 0 Å². The number of hydrogen-bond donors (Lipinski definition) is 0. The number of nitriles is 1. The molecule has 2 aromatic rings. The van der Waals surface area contributed by atoms with Crippen molar-refractivity contribution in [1.82, 2.24) is 9.97 Å². The number of halogens is 1. The molecular weight excluding hydrogens is 210 g/mol. The zero-order valence-electron chi connectivity index (χ0n) is 7.68. The minimum absolute atomic E-state index is 0.209. The number of rotatable bonds is 1. The Morgan fingerprint density at radius 3 is 2.60 bits per heavy atom. The average Bonchev–Trinajstić information content (AvgIpc) is 2.30. The lowest BCUT2D eigenvalue weighted by molar-refractivity contribution is 1.24. The molecule has 72 valence electrons. The van der Waals surface area contributed by atoms with Crippen LogP contribution < -0.4 is 0 Å². The van der Waals surface area contributed by atoms with Crippen molar-refractivity contribution in [3.8, 4) is 17.5 Å². The first-order valence-corrected chi connectivity index (χ1v) is 4.67. The summed E-state index contributed by atoms with van der Waals surface area (Å²) in [6, 6.07) is 10.9. The van der Waals surface area contributed by atoms with Crippen LogP contribution in [-0.4, -0.2) is 9.97 Å². The highest BCUT2D eigenvalue weighted by molar-refractivity contribution is 6.30. The van der Waals surface area contributed by atoms with Crippen molar-refractivity contribution in [1.29, 1.82) is 5.26 Å². The van der Waals surface area contributed by atoms with Gasteiger partial charge in [-0.15, -0.1) is 0 Å². The summed E-state index contributed by atoms with van der Waals surface area (Å²) in [4.78, 5) is 8.24. The Morgan fingerprint density at radius 1 is 1.13 bits per heavy atom. The highest BCUT2D eigenvalue weighted by atomic mass is 35.5. The predicted octanol–water partition coefficient (Wildman–Crippen LogP) is 2.67. The van der Waals surface area contributed by atoms with E-state index in [0.717, 1.165) is 5.69 Å². The topological polar surface area (TPSA) is 49.6 Å². The van der Waals surface area contributed by atoms with Gasteiger partial charge in [0.2, 0.25) is 0 Å². The van der Waals surface area contributed by atoms with Gasteiger partial charge in [-0.3, -0.25) is 4.98 Å². The van der Waals surface area contributed by atoms with Crippen LogP contribution in [0.5, 0.6) is 0 Å². The molecule has 0 aliphatic carbocycles. The summed E-state index contributed by atoms with van der Waals surface area (Å²) in [5, 5.41) is 8.90. The summed E-state index contributed by atoms with van der Waals surface area (Å²) in [5.74, 6) is 0. The standard InChI is InChI=1S/C11H6ClN3/c12-11-8(7-13)4-5-10(15-11)9-3-1-2-6-14-9/h1-6H. The Balaban J connectivity index is 2.49. The van der Waals surface area contributed by atoms with E-state index in [1.807, 2.05) is 24.3 Å². The third-order valence-electron chi connectivity index (χ3n) is 1.90. The van der Waals surface area contributed by atoms with E-state index in [-0.39, 0.29) is 5.15 Å². The van der Waals surface area contributed by atoms with E-state index >= 15 is 0 Å². The molecular formula is C11H6ClN3. The third kappa shape index (κ3) is 1.95. The highest BCUT2D eigenvalue weighted by Gasteiger charge is 2.04. The average molecular weight is 216 g/mol. The fraction of sp³-hybridized carbons (Fsp3) is 0. The van der Waals surface area contributed by atoms with Crippen LogP contribution in [0.25, 0.3) is 11.4 Å². The van der Waals surface area contributed by atoms with Crippen molar-refractivity contribution in [2.75, 3.05) is 0 Å². The third-order valence-corrected chi connectivity index (χ3v) is 2.18. The van der Waals surface area contributed by atoms with Crippen LogP contribution in [0, 0.1) is 11.3 Å². The van der Waals surface area contributed by atoms with Gasteiger partial charge in [-0.25, -0.2) is 4.98 Å². The van der Waals surface area contributed by atoms with Gasteiger partial charge in [-0.05, 0) is 24.3 Å². The maximum atomic E-state index is 8.69. The molecule has 0 aromatic carbocycles. The molecule has 0 N–H and O–H groups in total. The van der Waals surface area contributed by atoms with E-state index in [0.29, 0.717) is 11.3 Å². The van der Waals surface area contributed by atoms with Crippen LogP contribution in [0.3, 0.4) is 0 Å². The maximum absolute atomic E-state index is 8.69. The smallest absolute Gasteiger partial charge is 0.147 e. The molecule has 2 aromatic heterocycles. The van der Waals surface area contributed by atoms with Crippen molar-refractivity contribution >= 4 is 11.6 Å². The van der Waals surface area contributed by atoms with E-state index < -0.39 is 0 Å². The SMILES string of the molecule is N#Cc1ccc(-c2ccccn2)nc1Cl. The predicted molar refractivity (Wildman–Crippen MR) is 57.2 cm³/mol. The van der Waals surface area contributed by atoms with Crippen LogP contribution >= 0.6 is 11.6 Å². The molecule has 0 saturated carbocycles. The van der Waals surface area contributed by atoms with Gasteiger partial charge >= 0.3 is 0 Å². The summed E-state index contributed by atoms with van der Waals surface area (Å²) in [6.45, 7) is 0. The molecule has 0 aliphatic heterocycles. The Hall–Kier alpha value is -1.92. The van der Waals surface area contributed by atoms with Gasteiger partial charge in [0.15, 0.2) is 0 Å². The lowest BCUT2D eigenvalue weighted by Gasteiger charge is -2.00. The van der Waals surface area contributed by atoms with Gasteiger partial charge in [-0.1, -0.05) is 17.7 Å². The summed E-state index contributed by atoms with van der Waals surface area (Å²) in [6.07, 6.45) is 1.68. The van der Waals surface area contributed by atoms with Crippen LogP contribution in [0.4, 0.5) is 0 Å². The van der Waals surface area contributed by atoms with Gasteiger partial charge in [0.1, 0.15) is 11.2 Å². The summed E-state index contributed by atoms with van der Waals surface area (Å²) in [7, 11) is 0. The number of nitrogens with zero attached hydrogens (tertiary/aromatic N) is 3. The molecule has 0 fully saturated rings. The molecule has 0 spiro atoms. The first kappa shape index (κ1) is 9.63. The van der Waals surface area contributed by atoms with Crippen molar-refractivity contribution in [3.63, 3.8) is 0 Å². The normalized spacial score (nSPS) is 9.60. The first-order chi connectivity index (χ1) is 7.31. The summed E-state index contributed by atoms with van der Waals surface area (Å²) >= 11 is 5.82. The zero-order chi connectivity index (χ0) is 10.7. The second-order valence-electron chi connectivity index (χ2n) is 2.86. The molecule has 0 saturated heterocycles. The van der Waals surface area contributed by atoms with Gasteiger partial charge in [0.05, 0.1) is 17.0 Å². The highest BCUT2D eigenvalue weighted by Crippen LogP contribution is 2.19. The van der Waals surface area contributed by atoms with E-state index in [4.69, 9.17) is 16.9 Å². The van der Waals surface area contributed by atoms with Crippen molar-refractivity contribution in [3.05, 3.63) is 47.2 Å². The molecule has 2 heterocycles. The quantitative estimate of drug-likeness (QED) is 0.688. The Kier molecular flexibility index (Phi) is 2.61. The first-order valence-electron chi connectivity index (χ1n) is 4.29. The van der Waals surface area contributed by atoms with E-state index in [1.165, 1.54) is 0 Å². The second kappa shape index (κ2) is 4.07. The molecule has 2 rings (SSSR count). The second-order valence-corrected chi connectivity index (χ2v) is 3.22. The molecule has 0 unspecified atom stereocenters. The number of aromatic nitrogens is 2. The monoisotopic (exact) mass is 215 g/mol. The Labute approximate surface area is 92.0 Å². The zero-order valence-corrected chi connectivity index (χ0v) is 8.44. The fourth-order valence-corrected chi connectivity index (χ4v) is 1.37. The van der Waals surface area contributed by atoms with Crippen LogP contribution in [-0.2, 0) is 0 Å². The lowest BCUT2D eigenvalue weighted by atomic mass is 10.2. The molecule has 0 radical (unpaired) electrons. The largest absolute Gasteiger partial charge is 0.255 e. The number of hydrogen-bond acceptors (Lipinski definition) is 3. The molecule has 0 aliphatic rings. The van der Waals surface area contributed by atoms with Crippen molar-refractivity contribution in [2.45, 2.75) is 0 Å². The summed E-state index contributed by atoms with van der Waals surface area (Å²) < 4.78 is 0. The number of pyridine rings is 2. The minimum atomic E-state index is 0.209. The Bertz CT molecular complexity index is 517. The fourth-order valence-electron chi connectivity index (χ4n) is 1.17. The van der Waals surface area contributed by atoms with Gasteiger partial charge in [0, 0.05) is 6.20 Å². The van der Waals surface area contributed by atoms with Gasteiger partial charge < -0.3 is 0 Å². The van der Waals surface area contributed by atoms with E-state index in [9.17, 15) is 0 Å². The Morgan fingerprint density at radius 2 is 2.00 bits per heavy atom. The van der Waals surface area contributed by atoms with Crippen molar-refractivity contribution < 1.29 is 0 Å². The summed E-state index contributed by atoms with van der Waals surface area (Å²) in [5.41, 5.74) is 1.78. The van der Waals surface area contributed by atoms with E-state index in [2.05, 4.69) is 9.97 Å². The van der Waals surface area contributed by atoms with E-state index in [1.54, 1.807) is 18.3 Å².